The van der Waals surface area contributed by atoms with Gasteiger partial charge in [0.15, 0.2) is 0 Å². The smallest absolute Gasteiger partial charge is 0.287 e. The van der Waals surface area contributed by atoms with Gasteiger partial charge in [-0.25, -0.2) is 17.6 Å². The Bertz CT molecular complexity index is 963. The number of aliphatic hydroxyl groups is 1. The van der Waals surface area contributed by atoms with E-state index < -0.39 is 36.6 Å². The highest BCUT2D eigenvalue weighted by Crippen LogP contribution is 2.34. The third-order valence-electron chi connectivity index (χ3n) is 4.96. The maximum atomic E-state index is 13.4. The van der Waals surface area contributed by atoms with Gasteiger partial charge >= 0.3 is 0 Å². The zero-order chi connectivity index (χ0) is 22.8. The number of nitrogens with zero attached hydrogens (tertiary/aromatic N) is 2. The van der Waals surface area contributed by atoms with E-state index in [2.05, 4.69) is 18.9 Å². The van der Waals surface area contributed by atoms with Crippen molar-refractivity contribution >= 4 is 11.6 Å². The van der Waals surface area contributed by atoms with E-state index in [9.17, 15) is 27.5 Å². The molecule has 1 aliphatic rings. The van der Waals surface area contributed by atoms with Gasteiger partial charge in [-0.05, 0) is 41.3 Å². The Kier molecular flexibility index (Phi) is 6.64. The Morgan fingerprint density at radius 3 is 2.42 bits per heavy atom. The average molecular weight is 438 g/mol. The SMILES string of the molecule is CC(C)c1ccc(OCc2cccc(C(=O)N3N=C(C(F)F)C[C@@]3(O)C(F)F)c2)cc1. The molecular weight excluding hydrogens is 416 g/mol. The van der Waals surface area contributed by atoms with Crippen LogP contribution in [0.4, 0.5) is 17.6 Å². The summed E-state index contributed by atoms with van der Waals surface area (Å²) in [5.41, 5.74) is -2.47. The molecule has 166 valence electrons. The lowest BCUT2D eigenvalue weighted by atomic mass is 10.0. The minimum absolute atomic E-state index is 0.0454. The van der Waals surface area contributed by atoms with Crippen molar-refractivity contribution in [3.8, 4) is 5.75 Å². The quantitative estimate of drug-likeness (QED) is 0.631. The van der Waals surface area contributed by atoms with E-state index in [0.717, 1.165) is 5.56 Å². The predicted octanol–water partition coefficient (Wildman–Crippen LogP) is 4.81. The molecule has 2 aromatic carbocycles. The number of hydrogen-bond acceptors (Lipinski definition) is 4. The van der Waals surface area contributed by atoms with Crippen molar-refractivity contribution < 1.29 is 32.2 Å². The molecule has 0 aromatic heterocycles. The maximum absolute atomic E-state index is 13.4. The summed E-state index contributed by atoms with van der Waals surface area (Å²) in [6, 6.07) is 13.4. The Labute approximate surface area is 176 Å². The van der Waals surface area contributed by atoms with E-state index >= 15 is 0 Å². The summed E-state index contributed by atoms with van der Waals surface area (Å²) in [6.45, 7) is 4.23. The Balaban J connectivity index is 1.76. The van der Waals surface area contributed by atoms with Crippen LogP contribution in [0.2, 0.25) is 0 Å². The molecule has 2 aromatic rings. The van der Waals surface area contributed by atoms with Crippen molar-refractivity contribution in [1.29, 1.82) is 0 Å². The van der Waals surface area contributed by atoms with Gasteiger partial charge in [-0.3, -0.25) is 4.79 Å². The standard InChI is InChI=1S/C22H22F4N2O3/c1-13(2)15-6-8-17(9-7-15)31-12-14-4-3-5-16(10-14)20(29)28-22(30,21(25)26)11-18(27-28)19(23)24/h3-10,13,19,21,30H,11-12H2,1-2H3/t22-/m1/s1. The van der Waals surface area contributed by atoms with E-state index in [4.69, 9.17) is 4.74 Å². The third-order valence-corrected chi connectivity index (χ3v) is 4.96. The number of alkyl halides is 4. The second-order valence-electron chi connectivity index (χ2n) is 7.58. The van der Waals surface area contributed by atoms with E-state index in [0.29, 0.717) is 17.2 Å². The molecule has 1 aliphatic heterocycles. The number of halogens is 4. The fourth-order valence-corrected chi connectivity index (χ4v) is 3.14. The Morgan fingerprint density at radius 1 is 1.16 bits per heavy atom. The molecule has 0 spiro atoms. The number of hydrazone groups is 1. The molecule has 5 nitrogen and oxygen atoms in total. The molecule has 0 radical (unpaired) electrons. The van der Waals surface area contributed by atoms with Gasteiger partial charge in [-0.1, -0.05) is 38.1 Å². The second kappa shape index (κ2) is 9.05. The van der Waals surface area contributed by atoms with Crippen LogP contribution in [0.15, 0.2) is 53.6 Å². The number of rotatable bonds is 7. The zero-order valence-electron chi connectivity index (χ0n) is 16.9. The largest absolute Gasteiger partial charge is 0.489 e. The lowest BCUT2D eigenvalue weighted by Crippen LogP contribution is -2.51. The van der Waals surface area contributed by atoms with Crippen LogP contribution >= 0.6 is 0 Å². The molecule has 0 saturated carbocycles. The van der Waals surface area contributed by atoms with Crippen LogP contribution in [0.1, 0.15) is 47.7 Å². The molecule has 0 unspecified atom stereocenters. The van der Waals surface area contributed by atoms with Gasteiger partial charge < -0.3 is 9.84 Å². The molecular formula is C22H22F4N2O3. The minimum Gasteiger partial charge on any atom is -0.489 e. The first-order chi connectivity index (χ1) is 14.6. The molecule has 31 heavy (non-hydrogen) atoms. The minimum atomic E-state index is -3.48. The van der Waals surface area contributed by atoms with Crippen molar-refractivity contribution in [2.75, 3.05) is 0 Å². The molecule has 0 aliphatic carbocycles. The number of ether oxygens (including phenoxy) is 1. The van der Waals surface area contributed by atoms with E-state index in [-0.39, 0.29) is 17.2 Å². The normalized spacial score (nSPS) is 18.8. The van der Waals surface area contributed by atoms with Gasteiger partial charge in [-0.15, -0.1) is 0 Å². The summed E-state index contributed by atoms with van der Waals surface area (Å²) in [5, 5.41) is 13.5. The predicted molar refractivity (Wildman–Crippen MR) is 106 cm³/mol. The number of benzene rings is 2. The fraction of sp³-hybridized carbons (Fsp3) is 0.364. The summed E-state index contributed by atoms with van der Waals surface area (Å²) < 4.78 is 58.3. The van der Waals surface area contributed by atoms with Crippen molar-refractivity contribution in [3.63, 3.8) is 0 Å². The summed E-state index contributed by atoms with van der Waals surface area (Å²) in [5.74, 6) is -0.122. The van der Waals surface area contributed by atoms with Crippen molar-refractivity contribution in [1.82, 2.24) is 5.01 Å². The molecule has 1 heterocycles. The Morgan fingerprint density at radius 2 is 1.84 bits per heavy atom. The monoisotopic (exact) mass is 438 g/mol. The number of amides is 1. The van der Waals surface area contributed by atoms with Crippen LogP contribution < -0.4 is 4.74 Å². The van der Waals surface area contributed by atoms with Crippen LogP contribution in [-0.2, 0) is 6.61 Å². The number of carbonyl (C=O) groups is 1. The second-order valence-corrected chi connectivity index (χ2v) is 7.58. The van der Waals surface area contributed by atoms with Crippen molar-refractivity contribution in [2.24, 2.45) is 5.10 Å². The van der Waals surface area contributed by atoms with Gasteiger partial charge in [0.25, 0.3) is 18.8 Å². The summed E-state index contributed by atoms with van der Waals surface area (Å²) in [4.78, 5) is 12.7. The number of hydrogen-bond donors (Lipinski definition) is 1. The highest BCUT2D eigenvalue weighted by atomic mass is 19.3. The van der Waals surface area contributed by atoms with Gasteiger partial charge in [0, 0.05) is 12.0 Å². The van der Waals surface area contributed by atoms with Crippen molar-refractivity contribution in [3.05, 3.63) is 65.2 Å². The van der Waals surface area contributed by atoms with E-state index in [1.54, 1.807) is 6.07 Å². The van der Waals surface area contributed by atoms with Gasteiger partial charge in [0.2, 0.25) is 5.72 Å². The van der Waals surface area contributed by atoms with Crippen LogP contribution in [0, 0.1) is 0 Å². The molecule has 1 atom stereocenters. The van der Waals surface area contributed by atoms with Gasteiger partial charge in [-0.2, -0.15) is 10.1 Å². The lowest BCUT2D eigenvalue weighted by Gasteiger charge is -2.30. The van der Waals surface area contributed by atoms with E-state index in [1.807, 2.05) is 24.3 Å². The first kappa shape index (κ1) is 22.7. The molecule has 0 saturated heterocycles. The third kappa shape index (κ3) is 4.87. The molecule has 1 N–H and O–H groups in total. The summed E-state index contributed by atoms with van der Waals surface area (Å²) >= 11 is 0. The van der Waals surface area contributed by atoms with Gasteiger partial charge in [0.1, 0.15) is 18.1 Å². The van der Waals surface area contributed by atoms with Crippen LogP contribution in [0.3, 0.4) is 0 Å². The molecule has 1 amide bonds. The van der Waals surface area contributed by atoms with Gasteiger partial charge in [0.05, 0.1) is 0 Å². The molecule has 0 fully saturated rings. The van der Waals surface area contributed by atoms with Crippen molar-refractivity contribution in [2.45, 2.75) is 51.4 Å². The molecule has 0 bridgehead atoms. The maximum Gasteiger partial charge on any atom is 0.287 e. The highest BCUT2D eigenvalue weighted by molar-refractivity contribution is 5.99. The first-order valence-corrected chi connectivity index (χ1v) is 9.64. The van der Waals surface area contributed by atoms with E-state index in [1.165, 1.54) is 18.2 Å². The zero-order valence-corrected chi connectivity index (χ0v) is 16.9. The van der Waals surface area contributed by atoms with Crippen LogP contribution in [0.5, 0.6) is 5.75 Å². The molecule has 9 heteroatoms. The fourth-order valence-electron chi connectivity index (χ4n) is 3.14. The first-order valence-electron chi connectivity index (χ1n) is 9.64. The molecule has 3 rings (SSSR count). The topological polar surface area (TPSA) is 62.1 Å². The van der Waals surface area contributed by atoms with Crippen LogP contribution in [-0.4, -0.2) is 40.3 Å². The highest BCUT2D eigenvalue weighted by Gasteiger charge is 2.53. The van der Waals surface area contributed by atoms with Crippen LogP contribution in [0.25, 0.3) is 0 Å². The lowest BCUT2D eigenvalue weighted by molar-refractivity contribution is -0.164. The number of carbonyl (C=O) groups excluding carboxylic acids is 1. The summed E-state index contributed by atoms with van der Waals surface area (Å²) in [7, 11) is 0. The average Bonchev–Trinajstić information content (AvgIpc) is 3.11. The summed E-state index contributed by atoms with van der Waals surface area (Å²) in [6.07, 6.45) is -7.76. The Hall–Kier alpha value is -2.94.